The number of imidazole rings is 1. The second-order valence-electron chi connectivity index (χ2n) is 4.41. The number of aromatic nitrogens is 2. The van der Waals surface area contributed by atoms with Crippen LogP contribution in [0, 0.1) is 0 Å². The molecular weight excluding hydrogens is 230 g/mol. The van der Waals surface area contributed by atoms with Crippen LogP contribution in [0.4, 0.5) is 5.95 Å². The van der Waals surface area contributed by atoms with Gasteiger partial charge in [0.1, 0.15) is 0 Å². The molecule has 0 saturated heterocycles. The number of anilines is 1. The predicted molar refractivity (Wildman–Crippen MR) is 72.9 cm³/mol. The van der Waals surface area contributed by atoms with Gasteiger partial charge in [-0.3, -0.25) is 0 Å². The molecule has 0 amide bonds. The molecule has 0 bridgehead atoms. The fraction of sp³-hybridized carbons (Fsp3) is 0.769. The van der Waals surface area contributed by atoms with Crippen molar-refractivity contribution in [3.05, 3.63) is 12.4 Å². The van der Waals surface area contributed by atoms with Gasteiger partial charge in [0, 0.05) is 45.3 Å². The van der Waals surface area contributed by atoms with Gasteiger partial charge in [0.2, 0.25) is 5.95 Å². The molecule has 0 saturated carbocycles. The molecule has 0 aliphatic rings. The third-order valence-electron chi connectivity index (χ3n) is 2.54. The first-order chi connectivity index (χ1) is 8.77. The third-order valence-corrected chi connectivity index (χ3v) is 2.54. The zero-order valence-electron chi connectivity index (χ0n) is 11.7. The van der Waals surface area contributed by atoms with E-state index in [-0.39, 0.29) is 6.04 Å². The fourth-order valence-electron chi connectivity index (χ4n) is 1.73. The number of rotatable bonds is 10. The van der Waals surface area contributed by atoms with Gasteiger partial charge in [-0.1, -0.05) is 6.92 Å². The lowest BCUT2D eigenvalue weighted by atomic mass is 10.4. The lowest BCUT2D eigenvalue weighted by Crippen LogP contribution is -2.23. The first-order valence-electron chi connectivity index (χ1n) is 6.62. The highest BCUT2D eigenvalue weighted by atomic mass is 16.5. The summed E-state index contributed by atoms with van der Waals surface area (Å²) >= 11 is 0. The maximum absolute atomic E-state index is 5.47. The molecule has 0 fully saturated rings. The molecule has 104 valence electrons. The fourth-order valence-corrected chi connectivity index (χ4v) is 1.73. The van der Waals surface area contributed by atoms with Crippen LogP contribution in [0.5, 0.6) is 0 Å². The van der Waals surface area contributed by atoms with Crippen LogP contribution in [0.1, 0.15) is 26.7 Å². The van der Waals surface area contributed by atoms with Crippen molar-refractivity contribution in [3.63, 3.8) is 0 Å². The van der Waals surface area contributed by atoms with Crippen molar-refractivity contribution in [1.29, 1.82) is 0 Å². The molecule has 0 aromatic carbocycles. The lowest BCUT2D eigenvalue weighted by molar-refractivity contribution is 0.129. The number of nitrogens with one attached hydrogen (secondary N) is 1. The van der Waals surface area contributed by atoms with E-state index in [1.807, 2.05) is 12.4 Å². The number of nitrogens with zero attached hydrogens (tertiary/aromatic N) is 2. The van der Waals surface area contributed by atoms with Gasteiger partial charge in [0.25, 0.3) is 0 Å². The first kappa shape index (κ1) is 15.0. The molecule has 18 heavy (non-hydrogen) atoms. The molecule has 1 aromatic heterocycles. The Kier molecular flexibility index (Phi) is 7.44. The van der Waals surface area contributed by atoms with Gasteiger partial charge in [-0.05, 0) is 19.8 Å². The molecule has 0 aliphatic heterocycles. The van der Waals surface area contributed by atoms with E-state index < -0.39 is 0 Å². The Hall–Kier alpha value is -1.07. The van der Waals surface area contributed by atoms with Gasteiger partial charge in [0.15, 0.2) is 0 Å². The van der Waals surface area contributed by atoms with E-state index >= 15 is 0 Å². The Balaban J connectivity index is 2.30. The van der Waals surface area contributed by atoms with E-state index in [9.17, 15) is 0 Å². The quantitative estimate of drug-likeness (QED) is 0.651. The van der Waals surface area contributed by atoms with E-state index in [2.05, 4.69) is 28.7 Å². The molecule has 0 radical (unpaired) electrons. The lowest BCUT2D eigenvalue weighted by Gasteiger charge is -2.15. The van der Waals surface area contributed by atoms with Crippen LogP contribution in [0.2, 0.25) is 0 Å². The summed E-state index contributed by atoms with van der Waals surface area (Å²) in [5, 5.41) is 3.33. The summed E-state index contributed by atoms with van der Waals surface area (Å²) < 4.78 is 12.7. The van der Waals surface area contributed by atoms with Gasteiger partial charge in [-0.2, -0.15) is 0 Å². The maximum Gasteiger partial charge on any atom is 0.203 e. The Morgan fingerprint density at radius 1 is 1.44 bits per heavy atom. The SMILES string of the molecule is CCCOCCCn1ccnc1NC(C)COC. The minimum absolute atomic E-state index is 0.257. The monoisotopic (exact) mass is 255 g/mol. The Morgan fingerprint density at radius 2 is 2.28 bits per heavy atom. The van der Waals surface area contributed by atoms with E-state index in [1.165, 1.54) is 0 Å². The first-order valence-corrected chi connectivity index (χ1v) is 6.62. The molecule has 1 unspecified atom stereocenters. The average molecular weight is 255 g/mol. The van der Waals surface area contributed by atoms with Crippen LogP contribution >= 0.6 is 0 Å². The topological polar surface area (TPSA) is 48.3 Å². The van der Waals surface area contributed by atoms with Gasteiger partial charge in [0.05, 0.1) is 6.61 Å². The zero-order chi connectivity index (χ0) is 13.2. The molecule has 5 nitrogen and oxygen atoms in total. The van der Waals surface area contributed by atoms with Crippen molar-refractivity contribution in [3.8, 4) is 0 Å². The average Bonchev–Trinajstić information content (AvgIpc) is 2.77. The van der Waals surface area contributed by atoms with Crippen molar-refractivity contribution < 1.29 is 9.47 Å². The molecule has 0 spiro atoms. The zero-order valence-corrected chi connectivity index (χ0v) is 11.7. The van der Waals surface area contributed by atoms with E-state index in [4.69, 9.17) is 9.47 Å². The second-order valence-corrected chi connectivity index (χ2v) is 4.41. The summed E-state index contributed by atoms with van der Waals surface area (Å²) in [7, 11) is 1.70. The van der Waals surface area contributed by atoms with Crippen molar-refractivity contribution in [2.24, 2.45) is 0 Å². The highest BCUT2D eigenvalue weighted by Crippen LogP contribution is 2.07. The van der Waals surface area contributed by atoms with E-state index in [0.29, 0.717) is 6.61 Å². The Labute approximate surface area is 109 Å². The minimum Gasteiger partial charge on any atom is -0.383 e. The number of hydrogen-bond acceptors (Lipinski definition) is 4. The molecule has 1 rings (SSSR count). The van der Waals surface area contributed by atoms with Gasteiger partial charge in [-0.25, -0.2) is 4.98 Å². The van der Waals surface area contributed by atoms with Crippen LogP contribution in [0.25, 0.3) is 0 Å². The highest BCUT2D eigenvalue weighted by molar-refractivity contribution is 5.27. The summed E-state index contributed by atoms with van der Waals surface area (Å²) in [6.07, 6.45) is 5.88. The molecular formula is C13H25N3O2. The summed E-state index contributed by atoms with van der Waals surface area (Å²) in [5.74, 6) is 0.898. The molecule has 1 N–H and O–H groups in total. The summed E-state index contributed by atoms with van der Waals surface area (Å²) in [5.41, 5.74) is 0. The molecule has 1 aromatic rings. The summed E-state index contributed by atoms with van der Waals surface area (Å²) in [6, 6.07) is 0.257. The normalized spacial score (nSPS) is 12.6. The molecule has 1 atom stereocenters. The number of aryl methyl sites for hydroxylation is 1. The van der Waals surface area contributed by atoms with Crippen LogP contribution in [-0.2, 0) is 16.0 Å². The van der Waals surface area contributed by atoms with Crippen molar-refractivity contribution >= 4 is 5.95 Å². The standard InChI is InChI=1S/C13H25N3O2/c1-4-9-18-10-5-7-16-8-6-14-13(16)15-12(2)11-17-3/h6,8,12H,4-5,7,9-11H2,1-3H3,(H,14,15). The van der Waals surface area contributed by atoms with Crippen LogP contribution in [0.3, 0.4) is 0 Å². The Bertz CT molecular complexity index is 315. The van der Waals surface area contributed by atoms with Crippen molar-refractivity contribution in [2.75, 3.05) is 32.2 Å². The van der Waals surface area contributed by atoms with E-state index in [0.717, 1.165) is 38.5 Å². The van der Waals surface area contributed by atoms with Crippen LogP contribution < -0.4 is 5.32 Å². The van der Waals surface area contributed by atoms with Crippen molar-refractivity contribution in [2.45, 2.75) is 39.3 Å². The van der Waals surface area contributed by atoms with Gasteiger partial charge < -0.3 is 19.4 Å². The van der Waals surface area contributed by atoms with Gasteiger partial charge in [-0.15, -0.1) is 0 Å². The number of hydrogen-bond donors (Lipinski definition) is 1. The van der Waals surface area contributed by atoms with Crippen LogP contribution in [0.15, 0.2) is 12.4 Å². The second kappa shape index (κ2) is 8.94. The number of methoxy groups -OCH3 is 1. The summed E-state index contributed by atoms with van der Waals surface area (Å²) in [6.45, 7) is 7.44. The van der Waals surface area contributed by atoms with E-state index in [1.54, 1.807) is 7.11 Å². The minimum atomic E-state index is 0.257. The largest absolute Gasteiger partial charge is 0.383 e. The molecule has 5 heteroatoms. The predicted octanol–water partition coefficient (Wildman–Crippen LogP) is 2.15. The number of ether oxygens (including phenoxy) is 2. The van der Waals surface area contributed by atoms with Crippen LogP contribution in [-0.4, -0.2) is 42.5 Å². The smallest absolute Gasteiger partial charge is 0.203 e. The summed E-state index contributed by atoms with van der Waals surface area (Å²) in [4.78, 5) is 4.31. The van der Waals surface area contributed by atoms with Crippen molar-refractivity contribution in [1.82, 2.24) is 9.55 Å². The Morgan fingerprint density at radius 3 is 3.00 bits per heavy atom. The third kappa shape index (κ3) is 5.51. The maximum atomic E-state index is 5.47. The molecule has 0 aliphatic carbocycles. The molecule has 1 heterocycles. The highest BCUT2D eigenvalue weighted by Gasteiger charge is 2.06. The van der Waals surface area contributed by atoms with Gasteiger partial charge >= 0.3 is 0 Å².